The molecule has 0 atom stereocenters. The van der Waals surface area contributed by atoms with E-state index in [4.69, 9.17) is 28.0 Å². The van der Waals surface area contributed by atoms with Crippen molar-refractivity contribution in [2.75, 3.05) is 0 Å². The predicted molar refractivity (Wildman–Crippen MR) is 95.3 cm³/mol. The number of nitrogens with zero attached hydrogens (tertiary/aromatic N) is 1. The molecule has 0 aromatic heterocycles. The molecule has 0 unspecified atom stereocenters. The van der Waals surface area contributed by atoms with Crippen LogP contribution in [0.2, 0.25) is 0 Å². The Morgan fingerprint density at radius 1 is 1.27 bits per heavy atom. The molecule has 2 rings (SSSR count). The molecule has 0 bridgehead atoms. The Morgan fingerprint density at radius 2 is 2.00 bits per heavy atom. The lowest BCUT2D eigenvalue weighted by molar-refractivity contribution is 0.305. The zero-order valence-corrected chi connectivity index (χ0v) is 14.0. The van der Waals surface area contributed by atoms with Crippen LogP contribution in [0.3, 0.4) is 0 Å². The van der Waals surface area contributed by atoms with Gasteiger partial charge in [0.1, 0.15) is 23.4 Å². The van der Waals surface area contributed by atoms with Gasteiger partial charge in [-0.3, -0.25) is 0 Å². The fourth-order valence-electron chi connectivity index (χ4n) is 1.81. The van der Waals surface area contributed by atoms with Crippen LogP contribution >= 0.6 is 28.1 Å². The molecule has 2 aromatic carbocycles. The van der Waals surface area contributed by atoms with Crippen LogP contribution in [0.25, 0.3) is 6.08 Å². The standard InChI is InChI=1S/C17H13BrN2OS/c18-15-6-7-16(21-11-12-4-2-1-3-5-12)13(9-15)8-14(10-19)17(20)22/h1-9H,11H2,(H2,20,22). The summed E-state index contributed by atoms with van der Waals surface area (Å²) in [4.78, 5) is 0.0662. The SMILES string of the molecule is N#CC(=Cc1cc(Br)ccc1OCc1ccccc1)C(N)=S. The number of nitrogens with two attached hydrogens (primary N) is 1. The van der Waals surface area contributed by atoms with Gasteiger partial charge in [0.15, 0.2) is 0 Å². The largest absolute Gasteiger partial charge is 0.488 e. The second-order valence-corrected chi connectivity index (χ2v) is 5.85. The molecule has 2 N–H and O–H groups in total. The lowest BCUT2D eigenvalue weighted by Gasteiger charge is -2.10. The molecule has 0 spiro atoms. The van der Waals surface area contributed by atoms with Gasteiger partial charge in [0.25, 0.3) is 0 Å². The van der Waals surface area contributed by atoms with E-state index in [0.29, 0.717) is 12.4 Å². The highest BCUT2D eigenvalue weighted by molar-refractivity contribution is 9.10. The maximum atomic E-state index is 9.09. The van der Waals surface area contributed by atoms with Gasteiger partial charge in [0, 0.05) is 10.0 Å². The summed E-state index contributed by atoms with van der Waals surface area (Å²) in [5.74, 6) is 0.663. The molecule has 0 aliphatic carbocycles. The Bertz CT molecular complexity index is 751. The van der Waals surface area contributed by atoms with Crippen LogP contribution in [-0.4, -0.2) is 4.99 Å². The smallest absolute Gasteiger partial charge is 0.127 e. The van der Waals surface area contributed by atoms with Crippen molar-refractivity contribution in [3.63, 3.8) is 0 Å². The molecule has 0 heterocycles. The summed E-state index contributed by atoms with van der Waals surface area (Å²) in [5.41, 5.74) is 7.59. The van der Waals surface area contributed by atoms with Gasteiger partial charge in [-0.1, -0.05) is 58.5 Å². The van der Waals surface area contributed by atoms with Crippen LogP contribution in [0.4, 0.5) is 0 Å². The van der Waals surface area contributed by atoms with E-state index in [1.54, 1.807) is 6.08 Å². The van der Waals surface area contributed by atoms with Crippen LogP contribution in [0.15, 0.2) is 58.6 Å². The molecule has 22 heavy (non-hydrogen) atoms. The predicted octanol–water partition coefficient (Wildman–Crippen LogP) is 4.22. The summed E-state index contributed by atoms with van der Waals surface area (Å²) in [6.45, 7) is 0.443. The summed E-state index contributed by atoms with van der Waals surface area (Å²) < 4.78 is 6.72. The molecule has 0 aliphatic rings. The van der Waals surface area contributed by atoms with Crippen molar-refractivity contribution in [1.82, 2.24) is 0 Å². The lowest BCUT2D eigenvalue weighted by atomic mass is 10.1. The average Bonchev–Trinajstić information content (AvgIpc) is 2.52. The summed E-state index contributed by atoms with van der Waals surface area (Å²) in [6.07, 6.45) is 1.63. The number of halogens is 1. The molecule has 2 aromatic rings. The van der Waals surface area contributed by atoms with Crippen LogP contribution < -0.4 is 10.5 Å². The Morgan fingerprint density at radius 3 is 2.64 bits per heavy atom. The first kappa shape index (κ1) is 16.2. The number of thiocarbonyl (C=S) groups is 1. The number of rotatable bonds is 5. The fourth-order valence-corrected chi connectivity index (χ4v) is 2.30. The van der Waals surface area contributed by atoms with Crippen molar-refractivity contribution in [3.05, 3.63) is 69.7 Å². The van der Waals surface area contributed by atoms with Gasteiger partial charge in [-0.25, -0.2) is 0 Å². The number of hydrogen-bond acceptors (Lipinski definition) is 3. The minimum absolute atomic E-state index is 0.0662. The number of nitriles is 1. The Labute approximate surface area is 143 Å². The third-order valence-corrected chi connectivity index (χ3v) is 3.61. The van der Waals surface area contributed by atoms with Crippen molar-refractivity contribution in [1.29, 1.82) is 5.26 Å². The van der Waals surface area contributed by atoms with Crippen molar-refractivity contribution in [2.45, 2.75) is 6.61 Å². The van der Waals surface area contributed by atoms with Gasteiger partial charge < -0.3 is 10.5 Å². The topological polar surface area (TPSA) is 59.0 Å². The van der Waals surface area contributed by atoms with Crippen LogP contribution in [0, 0.1) is 11.3 Å². The minimum Gasteiger partial charge on any atom is -0.488 e. The molecule has 0 aliphatic heterocycles. The summed E-state index contributed by atoms with van der Waals surface area (Å²) in [7, 11) is 0. The normalized spacial score (nSPS) is 10.8. The third kappa shape index (κ3) is 4.42. The first-order valence-electron chi connectivity index (χ1n) is 6.48. The van der Waals surface area contributed by atoms with Gasteiger partial charge in [-0.2, -0.15) is 5.26 Å². The maximum Gasteiger partial charge on any atom is 0.127 e. The highest BCUT2D eigenvalue weighted by atomic mass is 79.9. The maximum absolute atomic E-state index is 9.09. The zero-order valence-electron chi connectivity index (χ0n) is 11.6. The van der Waals surface area contributed by atoms with Gasteiger partial charge in [-0.05, 0) is 29.8 Å². The van der Waals surface area contributed by atoms with Gasteiger partial charge in [-0.15, -0.1) is 0 Å². The van der Waals surface area contributed by atoms with Crippen molar-refractivity contribution >= 4 is 39.2 Å². The molecular weight excluding hydrogens is 360 g/mol. The quantitative estimate of drug-likeness (QED) is 0.484. The van der Waals surface area contributed by atoms with E-state index in [-0.39, 0.29) is 10.6 Å². The van der Waals surface area contributed by atoms with E-state index < -0.39 is 0 Å². The molecule has 0 fully saturated rings. The van der Waals surface area contributed by atoms with Gasteiger partial charge >= 0.3 is 0 Å². The first-order valence-corrected chi connectivity index (χ1v) is 7.68. The van der Waals surface area contributed by atoms with E-state index in [2.05, 4.69) is 15.9 Å². The number of ether oxygens (including phenoxy) is 1. The molecule has 3 nitrogen and oxygen atoms in total. The molecule has 5 heteroatoms. The molecule has 0 saturated carbocycles. The van der Waals surface area contributed by atoms with Crippen molar-refractivity contribution in [3.8, 4) is 11.8 Å². The third-order valence-electron chi connectivity index (χ3n) is 2.89. The molecule has 0 radical (unpaired) electrons. The van der Waals surface area contributed by atoms with Crippen LogP contribution in [-0.2, 0) is 6.61 Å². The number of benzene rings is 2. The van der Waals surface area contributed by atoms with Crippen LogP contribution in [0.5, 0.6) is 5.75 Å². The summed E-state index contributed by atoms with van der Waals surface area (Å²) >= 11 is 8.28. The molecule has 0 amide bonds. The van der Waals surface area contributed by atoms with E-state index in [1.165, 1.54) is 0 Å². The Hall–Kier alpha value is -2.16. The van der Waals surface area contributed by atoms with Gasteiger partial charge in [0.05, 0.1) is 5.57 Å². The van der Waals surface area contributed by atoms with Crippen molar-refractivity contribution < 1.29 is 4.74 Å². The summed E-state index contributed by atoms with van der Waals surface area (Å²) in [5, 5.41) is 9.09. The number of hydrogen-bond donors (Lipinski definition) is 1. The monoisotopic (exact) mass is 372 g/mol. The van der Waals surface area contributed by atoms with E-state index in [0.717, 1.165) is 15.6 Å². The zero-order chi connectivity index (χ0) is 15.9. The lowest BCUT2D eigenvalue weighted by Crippen LogP contribution is -2.09. The average molecular weight is 373 g/mol. The molecular formula is C17H13BrN2OS. The fraction of sp³-hybridized carbons (Fsp3) is 0.0588. The van der Waals surface area contributed by atoms with E-state index in [1.807, 2.05) is 54.6 Å². The highest BCUT2D eigenvalue weighted by Gasteiger charge is 2.07. The Balaban J connectivity index is 2.28. The first-order chi connectivity index (χ1) is 10.6. The molecule has 0 saturated heterocycles. The minimum atomic E-state index is 0.0662. The second-order valence-electron chi connectivity index (χ2n) is 4.49. The highest BCUT2D eigenvalue weighted by Crippen LogP contribution is 2.26. The van der Waals surface area contributed by atoms with E-state index in [9.17, 15) is 0 Å². The van der Waals surface area contributed by atoms with E-state index >= 15 is 0 Å². The second kappa shape index (κ2) is 7.74. The van der Waals surface area contributed by atoms with Gasteiger partial charge in [0.2, 0.25) is 0 Å². The summed E-state index contributed by atoms with van der Waals surface area (Å²) in [6, 6.07) is 17.4. The van der Waals surface area contributed by atoms with Crippen molar-refractivity contribution in [2.24, 2.45) is 5.73 Å². The Kier molecular flexibility index (Phi) is 5.70. The molecule has 110 valence electrons. The van der Waals surface area contributed by atoms with Crippen LogP contribution in [0.1, 0.15) is 11.1 Å².